The van der Waals surface area contributed by atoms with E-state index in [0.717, 1.165) is 67.7 Å². The Morgan fingerprint density at radius 2 is 1.80 bits per heavy atom. The number of methoxy groups -OCH3 is 1. The molecule has 4 rings (SSSR count). The number of aromatic nitrogens is 3. The van der Waals surface area contributed by atoms with Crippen LogP contribution in [0.4, 0.5) is 11.6 Å². The monoisotopic (exact) mass is 608 g/mol. The molecule has 0 fully saturated rings. The predicted molar refractivity (Wildman–Crippen MR) is 166 cm³/mol. The highest BCUT2D eigenvalue weighted by Crippen LogP contribution is 2.21. The summed E-state index contributed by atoms with van der Waals surface area (Å²) in [5, 5.41) is 32.8. The van der Waals surface area contributed by atoms with Crippen molar-refractivity contribution in [2.75, 3.05) is 50.5 Å². The number of rotatable bonds is 16. The van der Waals surface area contributed by atoms with Crippen molar-refractivity contribution in [1.82, 2.24) is 19.9 Å². The van der Waals surface area contributed by atoms with Crippen molar-refractivity contribution < 1.29 is 34.4 Å². The van der Waals surface area contributed by atoms with Crippen LogP contribution in [0.15, 0.2) is 54.9 Å². The Hall–Kier alpha value is -4.62. The first kappa shape index (κ1) is 33.9. The molecule has 0 spiro atoms. The smallest absolute Gasteiger partial charge is 0.328 e. The lowest BCUT2D eigenvalue weighted by atomic mass is 10.1. The molecule has 13 heteroatoms. The van der Waals surface area contributed by atoms with Gasteiger partial charge < -0.3 is 35.6 Å². The number of aliphatic carboxylic acids is 3. The molecule has 1 aliphatic heterocycles. The van der Waals surface area contributed by atoms with E-state index in [4.69, 9.17) is 19.9 Å². The largest absolute Gasteiger partial charge is 0.480 e. The second-order valence-electron chi connectivity index (χ2n) is 10.2. The van der Waals surface area contributed by atoms with Gasteiger partial charge in [0.15, 0.2) is 0 Å². The van der Waals surface area contributed by atoms with E-state index in [1.165, 1.54) is 18.3 Å². The van der Waals surface area contributed by atoms with Crippen molar-refractivity contribution >= 4 is 40.4 Å². The molecule has 0 radical (unpaired) electrons. The van der Waals surface area contributed by atoms with E-state index >= 15 is 0 Å². The lowest BCUT2D eigenvalue weighted by Gasteiger charge is -2.24. The average Bonchev–Trinajstić information content (AvgIpc) is 3.02. The topological polar surface area (TPSA) is 187 Å². The van der Waals surface area contributed by atoms with Gasteiger partial charge in [-0.1, -0.05) is 18.2 Å². The van der Waals surface area contributed by atoms with E-state index in [9.17, 15) is 19.5 Å². The number of hydrogen-bond acceptors (Lipinski definition) is 10. The molecule has 3 aromatic rings. The van der Waals surface area contributed by atoms with E-state index in [-0.39, 0.29) is 0 Å². The van der Waals surface area contributed by atoms with E-state index < -0.39 is 23.9 Å². The summed E-state index contributed by atoms with van der Waals surface area (Å²) >= 11 is 0. The Labute approximate surface area is 256 Å². The fourth-order valence-corrected chi connectivity index (χ4v) is 4.70. The zero-order chi connectivity index (χ0) is 31.7. The summed E-state index contributed by atoms with van der Waals surface area (Å²) in [6.07, 6.45) is 8.28. The maximum Gasteiger partial charge on any atom is 0.328 e. The van der Waals surface area contributed by atoms with Crippen molar-refractivity contribution in [2.45, 2.75) is 44.6 Å². The molecule has 0 saturated carbocycles. The van der Waals surface area contributed by atoms with Gasteiger partial charge in [0, 0.05) is 50.0 Å². The number of para-hydroxylation sites is 1. The van der Waals surface area contributed by atoms with Crippen LogP contribution >= 0.6 is 0 Å². The van der Waals surface area contributed by atoms with Crippen LogP contribution in [-0.2, 0) is 32.0 Å². The molecule has 1 unspecified atom stereocenters. The van der Waals surface area contributed by atoms with Crippen molar-refractivity contribution in [3.05, 3.63) is 66.1 Å². The first-order valence-corrected chi connectivity index (χ1v) is 14.5. The highest BCUT2D eigenvalue weighted by Gasteiger charge is 2.20. The average molecular weight is 609 g/mol. The van der Waals surface area contributed by atoms with Crippen LogP contribution in [0, 0.1) is 0 Å². The summed E-state index contributed by atoms with van der Waals surface area (Å²) in [6, 6.07) is 11.2. The van der Waals surface area contributed by atoms with Crippen LogP contribution in [0.25, 0.3) is 10.9 Å². The summed E-state index contributed by atoms with van der Waals surface area (Å²) in [5.41, 5.74) is 3.22. The molecular weight excluding hydrogens is 568 g/mol. The third kappa shape index (κ3) is 11.6. The van der Waals surface area contributed by atoms with Crippen molar-refractivity contribution in [3.8, 4) is 0 Å². The molecule has 0 saturated heterocycles. The number of pyridine rings is 1. The first-order valence-electron chi connectivity index (χ1n) is 14.5. The van der Waals surface area contributed by atoms with Crippen molar-refractivity contribution in [2.24, 2.45) is 0 Å². The molecule has 13 nitrogen and oxygen atoms in total. The van der Waals surface area contributed by atoms with Gasteiger partial charge in [-0.2, -0.15) is 0 Å². The molecule has 236 valence electrons. The van der Waals surface area contributed by atoms with Gasteiger partial charge in [-0.25, -0.2) is 29.3 Å². The SMILES string of the molecule is COCCN(CCCCc1ccc2c(n1)NCCC2)CCC(Nc1ncnc2ccccc12)C(=O)O.O=C(O)/C=C/C(=O)O. The minimum absolute atomic E-state index is 0.454. The van der Waals surface area contributed by atoms with Crippen LogP contribution in [0.1, 0.15) is 36.9 Å². The van der Waals surface area contributed by atoms with E-state index in [2.05, 4.69) is 37.6 Å². The highest BCUT2D eigenvalue weighted by molar-refractivity contribution is 5.91. The third-order valence-electron chi connectivity index (χ3n) is 6.98. The minimum atomic E-state index is -1.26. The van der Waals surface area contributed by atoms with Gasteiger partial charge in [0.05, 0.1) is 12.1 Å². The number of carboxylic acid groups (broad SMARTS) is 3. The Bertz CT molecular complexity index is 1400. The molecule has 44 heavy (non-hydrogen) atoms. The molecule has 0 aliphatic carbocycles. The summed E-state index contributed by atoms with van der Waals surface area (Å²) in [7, 11) is 1.69. The van der Waals surface area contributed by atoms with Crippen LogP contribution in [-0.4, -0.2) is 99.0 Å². The zero-order valence-corrected chi connectivity index (χ0v) is 24.8. The normalized spacial score (nSPS) is 13.0. The number of aryl methyl sites for hydroxylation is 2. The zero-order valence-electron chi connectivity index (χ0n) is 24.8. The van der Waals surface area contributed by atoms with Gasteiger partial charge in [-0.15, -0.1) is 0 Å². The molecule has 1 aromatic carbocycles. The molecule has 0 bridgehead atoms. The Balaban J connectivity index is 0.000000583. The Morgan fingerprint density at radius 1 is 1.02 bits per heavy atom. The maximum atomic E-state index is 12.0. The Kier molecular flexibility index (Phi) is 14.0. The van der Waals surface area contributed by atoms with Gasteiger partial charge in [0.1, 0.15) is 24.0 Å². The van der Waals surface area contributed by atoms with Crippen LogP contribution in [0.2, 0.25) is 0 Å². The number of carboxylic acids is 3. The van der Waals surface area contributed by atoms with Crippen LogP contribution in [0.3, 0.4) is 0 Å². The summed E-state index contributed by atoms with van der Waals surface area (Å²) < 4.78 is 5.29. The number of ether oxygens (including phenoxy) is 1. The summed E-state index contributed by atoms with van der Waals surface area (Å²) in [5.74, 6) is -1.82. The molecule has 2 aromatic heterocycles. The van der Waals surface area contributed by atoms with Crippen molar-refractivity contribution in [3.63, 3.8) is 0 Å². The fourth-order valence-electron chi connectivity index (χ4n) is 4.70. The van der Waals surface area contributed by atoms with Crippen LogP contribution in [0.5, 0.6) is 0 Å². The van der Waals surface area contributed by atoms with Gasteiger partial charge in [0.2, 0.25) is 0 Å². The van der Waals surface area contributed by atoms with E-state index in [1.54, 1.807) is 7.11 Å². The minimum Gasteiger partial charge on any atom is -0.480 e. The number of carbonyl (C=O) groups is 3. The summed E-state index contributed by atoms with van der Waals surface area (Å²) in [4.78, 5) is 46.8. The van der Waals surface area contributed by atoms with Gasteiger partial charge in [-0.05, 0) is 68.8 Å². The van der Waals surface area contributed by atoms with Crippen molar-refractivity contribution in [1.29, 1.82) is 0 Å². The molecular formula is C31H40N6O7. The number of nitrogens with one attached hydrogen (secondary N) is 2. The Morgan fingerprint density at radius 3 is 2.52 bits per heavy atom. The van der Waals surface area contributed by atoms with Crippen LogP contribution < -0.4 is 10.6 Å². The van der Waals surface area contributed by atoms with E-state index in [0.29, 0.717) is 37.5 Å². The lowest BCUT2D eigenvalue weighted by Crippen LogP contribution is -2.37. The first-order chi connectivity index (χ1) is 21.3. The number of nitrogens with zero attached hydrogens (tertiary/aromatic N) is 4. The number of anilines is 2. The van der Waals surface area contributed by atoms with Gasteiger partial charge in [0.25, 0.3) is 0 Å². The number of benzene rings is 1. The number of hydrogen-bond donors (Lipinski definition) is 5. The molecule has 1 aliphatic rings. The second-order valence-corrected chi connectivity index (χ2v) is 10.2. The fraction of sp³-hybridized carbons (Fsp3) is 0.419. The van der Waals surface area contributed by atoms with Gasteiger partial charge >= 0.3 is 17.9 Å². The number of fused-ring (bicyclic) bond motifs is 2. The summed E-state index contributed by atoms with van der Waals surface area (Å²) in [6.45, 7) is 3.91. The molecule has 0 amide bonds. The molecule has 5 N–H and O–H groups in total. The quantitative estimate of drug-likeness (QED) is 0.118. The standard InChI is InChI=1S/C27H36N6O3.C4H4O4/c1-36-18-17-33(15-5-4-8-21-12-11-20-7-6-14-28-25(20)31-21)16-13-24(27(34)35)32-26-22-9-2-3-10-23(22)29-19-30-26;5-3(6)1-2-4(7)8/h2-3,9-12,19,24H,4-8,13-18H2,1H3,(H,28,31)(H,34,35)(H,29,30,32);1-2H,(H,5,6)(H,7,8)/b;2-1+. The molecule has 1 atom stereocenters. The lowest BCUT2D eigenvalue weighted by molar-refractivity contribution is -0.138. The molecule has 3 heterocycles. The third-order valence-corrected chi connectivity index (χ3v) is 6.98. The predicted octanol–water partition coefficient (Wildman–Crippen LogP) is 3.32. The maximum absolute atomic E-state index is 12.0. The van der Waals surface area contributed by atoms with Gasteiger partial charge in [-0.3, -0.25) is 0 Å². The second kappa shape index (κ2) is 18.1. The number of unbranched alkanes of at least 4 members (excludes halogenated alkanes) is 1. The highest BCUT2D eigenvalue weighted by atomic mass is 16.5. The van der Waals surface area contributed by atoms with E-state index in [1.807, 2.05) is 24.3 Å².